The molecule has 0 aliphatic carbocycles. The molecule has 3 aromatic rings. The molecule has 0 saturated heterocycles. The lowest BCUT2D eigenvalue weighted by Gasteiger charge is -2.16. The van der Waals surface area contributed by atoms with Crippen LogP contribution in [0.5, 0.6) is 5.75 Å². The van der Waals surface area contributed by atoms with Crippen molar-refractivity contribution in [2.45, 2.75) is 6.61 Å². The van der Waals surface area contributed by atoms with Crippen LogP contribution in [-0.4, -0.2) is 34.5 Å². The van der Waals surface area contributed by atoms with Crippen LogP contribution in [0.3, 0.4) is 0 Å². The van der Waals surface area contributed by atoms with Crippen LogP contribution in [0.2, 0.25) is 0 Å². The predicted octanol–water partition coefficient (Wildman–Crippen LogP) is 3.37. The summed E-state index contributed by atoms with van der Waals surface area (Å²) in [6, 6.07) is 14.0. The Bertz CT molecular complexity index is 859. The van der Waals surface area contributed by atoms with Crippen LogP contribution in [0.15, 0.2) is 72.4 Å². The summed E-state index contributed by atoms with van der Waals surface area (Å²) in [6.45, 7) is 0.272. The van der Waals surface area contributed by atoms with Crippen molar-refractivity contribution in [3.05, 3.63) is 84.2 Å². The van der Waals surface area contributed by atoms with Gasteiger partial charge in [0.05, 0.1) is 5.56 Å². The zero-order valence-corrected chi connectivity index (χ0v) is 14.1. The predicted molar refractivity (Wildman–Crippen MR) is 95.0 cm³/mol. The minimum Gasteiger partial charge on any atom is -0.488 e. The Labute approximate surface area is 146 Å². The summed E-state index contributed by atoms with van der Waals surface area (Å²) in [7, 11) is 3.71. The minimum atomic E-state index is -0.275. The smallest absolute Gasteiger partial charge is 0.168 e. The number of hydrazone groups is 1. The molecule has 3 rings (SSSR count). The first-order valence-corrected chi connectivity index (χ1v) is 7.84. The molecule has 1 aromatic heterocycles. The molecule has 128 valence electrons. The van der Waals surface area contributed by atoms with E-state index in [1.807, 2.05) is 55.2 Å². The maximum Gasteiger partial charge on any atom is 0.168 e. The molecule has 0 spiro atoms. The summed E-state index contributed by atoms with van der Waals surface area (Å²) in [5.41, 5.74) is 1.59. The van der Waals surface area contributed by atoms with Crippen LogP contribution >= 0.6 is 0 Å². The molecular weight excluding hydrogens is 319 g/mol. The maximum absolute atomic E-state index is 13.3. The molecule has 0 bridgehead atoms. The van der Waals surface area contributed by atoms with Gasteiger partial charge in [0, 0.05) is 26.5 Å². The van der Waals surface area contributed by atoms with E-state index < -0.39 is 0 Å². The lowest BCUT2D eigenvalue weighted by atomic mass is 10.1. The Balaban J connectivity index is 1.91. The first-order valence-electron chi connectivity index (χ1n) is 7.84. The summed E-state index contributed by atoms with van der Waals surface area (Å²) in [5, 5.41) is 6.27. The van der Waals surface area contributed by atoms with E-state index in [2.05, 4.69) is 10.1 Å². The van der Waals surface area contributed by atoms with Gasteiger partial charge < -0.3 is 9.75 Å². The largest absolute Gasteiger partial charge is 0.488 e. The van der Waals surface area contributed by atoms with E-state index >= 15 is 0 Å². The lowest BCUT2D eigenvalue weighted by Crippen LogP contribution is -2.18. The molecule has 0 N–H and O–H groups in total. The monoisotopic (exact) mass is 338 g/mol. The maximum atomic E-state index is 13.3. The molecule has 0 aliphatic heterocycles. The minimum absolute atomic E-state index is 0.272. The fraction of sp³-hybridized carbons (Fsp3) is 0.158. The van der Waals surface area contributed by atoms with Gasteiger partial charge in [-0.05, 0) is 29.8 Å². The van der Waals surface area contributed by atoms with E-state index in [0.29, 0.717) is 11.6 Å². The van der Waals surface area contributed by atoms with Gasteiger partial charge in [0.15, 0.2) is 5.84 Å². The van der Waals surface area contributed by atoms with E-state index in [0.717, 1.165) is 11.1 Å². The molecule has 0 unspecified atom stereocenters. The second kappa shape index (κ2) is 7.61. The average molecular weight is 338 g/mol. The van der Waals surface area contributed by atoms with Crippen LogP contribution in [0.1, 0.15) is 11.1 Å². The van der Waals surface area contributed by atoms with Crippen LogP contribution in [0.25, 0.3) is 0 Å². The Morgan fingerprint density at radius 2 is 2.04 bits per heavy atom. The van der Waals surface area contributed by atoms with Crippen LogP contribution in [0, 0.1) is 5.82 Å². The van der Waals surface area contributed by atoms with Gasteiger partial charge >= 0.3 is 0 Å². The Morgan fingerprint density at radius 1 is 1.20 bits per heavy atom. The normalized spacial score (nSPS) is 11.4. The lowest BCUT2D eigenvalue weighted by molar-refractivity contribution is 0.304. The van der Waals surface area contributed by atoms with Gasteiger partial charge in [-0.1, -0.05) is 24.3 Å². The first-order chi connectivity index (χ1) is 12.1. The summed E-state index contributed by atoms with van der Waals surface area (Å²) in [5.74, 6) is 1.08. The molecule has 0 atom stereocenters. The number of nitrogens with zero attached hydrogens (tertiary/aromatic N) is 4. The van der Waals surface area contributed by atoms with Gasteiger partial charge in [0.25, 0.3) is 0 Å². The molecule has 2 aromatic carbocycles. The van der Waals surface area contributed by atoms with Crippen molar-refractivity contribution in [3.63, 3.8) is 0 Å². The van der Waals surface area contributed by atoms with Gasteiger partial charge in [-0.2, -0.15) is 5.10 Å². The number of halogens is 1. The third-order valence-electron chi connectivity index (χ3n) is 3.46. The SMILES string of the molecule is CN(C)/N=C(\c1ccccc1OCc1cccc(F)c1)n1ccnc1. The van der Waals surface area contributed by atoms with Crippen LogP contribution < -0.4 is 4.74 Å². The van der Waals surface area contributed by atoms with Crippen molar-refractivity contribution >= 4 is 5.84 Å². The van der Waals surface area contributed by atoms with Crippen molar-refractivity contribution < 1.29 is 9.13 Å². The Hall–Kier alpha value is -3.15. The number of rotatable bonds is 5. The number of aromatic nitrogens is 2. The summed E-state index contributed by atoms with van der Waals surface area (Å²) < 4.78 is 21.1. The highest BCUT2D eigenvalue weighted by Gasteiger charge is 2.13. The zero-order valence-electron chi connectivity index (χ0n) is 14.1. The molecule has 0 radical (unpaired) electrons. The van der Waals surface area contributed by atoms with Gasteiger partial charge in [-0.15, -0.1) is 0 Å². The van der Waals surface area contributed by atoms with E-state index in [9.17, 15) is 4.39 Å². The summed E-state index contributed by atoms with van der Waals surface area (Å²) in [4.78, 5) is 4.09. The third-order valence-corrected chi connectivity index (χ3v) is 3.46. The Morgan fingerprint density at radius 3 is 2.76 bits per heavy atom. The summed E-state index contributed by atoms with van der Waals surface area (Å²) >= 11 is 0. The number of benzene rings is 2. The number of para-hydroxylation sites is 1. The number of ether oxygens (including phenoxy) is 1. The highest BCUT2D eigenvalue weighted by molar-refractivity contribution is 6.02. The van der Waals surface area contributed by atoms with Gasteiger partial charge in [-0.25, -0.2) is 9.37 Å². The molecular formula is C19H19FN4O. The topological polar surface area (TPSA) is 42.6 Å². The molecule has 1 heterocycles. The number of hydrogen-bond acceptors (Lipinski definition) is 4. The van der Waals surface area contributed by atoms with Gasteiger partial charge in [0.1, 0.15) is 24.5 Å². The standard InChI is InChI=1S/C19H19FN4O/c1-23(2)22-19(24-11-10-21-14-24)17-8-3-4-9-18(17)25-13-15-6-5-7-16(20)12-15/h3-12,14H,13H2,1-2H3/b22-19+. The van der Waals surface area contributed by atoms with E-state index in [1.54, 1.807) is 23.6 Å². The molecule has 25 heavy (non-hydrogen) atoms. The van der Waals surface area contributed by atoms with Crippen molar-refractivity contribution in [2.75, 3.05) is 14.1 Å². The van der Waals surface area contributed by atoms with Crippen LogP contribution in [0.4, 0.5) is 4.39 Å². The molecule has 0 aliphatic rings. The molecule has 5 nitrogen and oxygen atoms in total. The highest BCUT2D eigenvalue weighted by Crippen LogP contribution is 2.21. The van der Waals surface area contributed by atoms with Crippen molar-refractivity contribution in [1.29, 1.82) is 0 Å². The quantitative estimate of drug-likeness (QED) is 0.407. The second-order valence-electron chi connectivity index (χ2n) is 5.66. The fourth-order valence-electron chi connectivity index (χ4n) is 2.38. The van der Waals surface area contributed by atoms with Gasteiger partial charge in [0.2, 0.25) is 0 Å². The number of imidazole rings is 1. The second-order valence-corrected chi connectivity index (χ2v) is 5.66. The van der Waals surface area contributed by atoms with Crippen molar-refractivity contribution in [3.8, 4) is 5.75 Å². The van der Waals surface area contributed by atoms with Crippen LogP contribution in [-0.2, 0) is 6.61 Å². The Kier molecular flexibility index (Phi) is 5.09. The number of hydrogen-bond donors (Lipinski definition) is 0. The van der Waals surface area contributed by atoms with Crippen molar-refractivity contribution in [1.82, 2.24) is 14.6 Å². The molecule has 0 fully saturated rings. The fourth-order valence-corrected chi connectivity index (χ4v) is 2.38. The zero-order chi connectivity index (χ0) is 17.6. The highest BCUT2D eigenvalue weighted by atomic mass is 19.1. The molecule has 6 heteroatoms. The first kappa shape index (κ1) is 16.7. The summed E-state index contributed by atoms with van der Waals surface area (Å²) in [6.07, 6.45) is 5.21. The average Bonchev–Trinajstić information content (AvgIpc) is 3.12. The van der Waals surface area contributed by atoms with E-state index in [4.69, 9.17) is 4.74 Å². The van der Waals surface area contributed by atoms with Gasteiger partial charge in [-0.3, -0.25) is 4.57 Å². The molecule has 0 saturated carbocycles. The van der Waals surface area contributed by atoms with Crippen molar-refractivity contribution in [2.24, 2.45) is 5.10 Å². The molecule has 0 amide bonds. The van der Waals surface area contributed by atoms with E-state index in [1.165, 1.54) is 12.1 Å². The third kappa shape index (κ3) is 4.23. The van der Waals surface area contributed by atoms with E-state index in [-0.39, 0.29) is 12.4 Å².